The Bertz CT molecular complexity index is 1130. The summed E-state index contributed by atoms with van der Waals surface area (Å²) in [6.45, 7) is 12.0. The van der Waals surface area contributed by atoms with E-state index in [0.29, 0.717) is 5.75 Å². The lowest BCUT2D eigenvalue weighted by atomic mass is 10.2. The number of aromatic nitrogens is 4. The first-order valence-electron chi connectivity index (χ1n) is 12.1. The van der Waals surface area contributed by atoms with Crippen molar-refractivity contribution in [3.63, 3.8) is 0 Å². The van der Waals surface area contributed by atoms with Crippen LogP contribution in [-0.2, 0) is 18.3 Å². The maximum absolute atomic E-state index is 13.1. The topological polar surface area (TPSA) is 65.2 Å². The first-order valence-corrected chi connectivity index (χ1v) is 13.1. The van der Waals surface area contributed by atoms with Crippen LogP contribution in [0.3, 0.4) is 0 Å². The second kappa shape index (κ2) is 10.8. The Morgan fingerprint density at radius 1 is 1.18 bits per heavy atom. The number of Topliss-reactive ketones (excluding diaryl/α,β-unsaturated/α-hetero) is 1. The number of anilines is 1. The molecule has 7 nitrogen and oxygen atoms in total. The van der Waals surface area contributed by atoms with Crippen LogP contribution in [0, 0.1) is 13.8 Å². The van der Waals surface area contributed by atoms with Crippen LogP contribution >= 0.6 is 11.8 Å². The molecular formula is C26H35N5O2S. The lowest BCUT2D eigenvalue weighted by Crippen LogP contribution is -2.21. The number of hydrogen-bond acceptors (Lipinski definition) is 6. The van der Waals surface area contributed by atoms with Crippen molar-refractivity contribution in [2.75, 3.05) is 30.3 Å². The molecule has 0 N–H and O–H groups in total. The molecule has 8 heteroatoms. The molecule has 4 rings (SSSR count). The normalized spacial score (nSPS) is 15.7. The number of thioether (sulfide) groups is 1. The standard InChI is InChI=1S/C26H35N5O2S/c1-6-30(7-2)21-12-10-20(11-13-21)25-27-28-26(29(25)5)34-17-24(32)23-15-18(3)31(19(23)4)16-22-9-8-14-33-22/h10-13,15,22H,6-9,14,16-17H2,1-5H3. The number of hydrogen-bond donors (Lipinski definition) is 0. The lowest BCUT2D eigenvalue weighted by molar-refractivity contribution is 0.0957. The van der Waals surface area contributed by atoms with Gasteiger partial charge in [0.25, 0.3) is 0 Å². The predicted molar refractivity (Wildman–Crippen MR) is 138 cm³/mol. The van der Waals surface area contributed by atoms with Gasteiger partial charge in [0, 0.05) is 61.5 Å². The number of aryl methyl sites for hydroxylation is 1. The Morgan fingerprint density at radius 3 is 2.56 bits per heavy atom. The fourth-order valence-electron chi connectivity index (χ4n) is 4.67. The third kappa shape index (κ3) is 5.08. The lowest BCUT2D eigenvalue weighted by Gasteiger charge is -2.21. The van der Waals surface area contributed by atoms with Crippen LogP contribution in [0.1, 0.15) is 48.4 Å². The van der Waals surface area contributed by atoms with Crippen LogP contribution in [0.5, 0.6) is 0 Å². The molecule has 1 atom stereocenters. The fourth-order valence-corrected chi connectivity index (χ4v) is 5.46. The van der Waals surface area contributed by atoms with Crippen LogP contribution in [-0.4, -0.2) is 56.7 Å². The molecule has 1 aliphatic heterocycles. The van der Waals surface area contributed by atoms with Crippen molar-refractivity contribution in [1.29, 1.82) is 0 Å². The molecule has 0 amide bonds. The minimum absolute atomic E-state index is 0.116. The SMILES string of the molecule is CCN(CC)c1ccc(-c2nnc(SCC(=O)c3cc(C)n(CC4CCCO4)c3C)n2C)cc1. The Labute approximate surface area is 206 Å². The smallest absolute Gasteiger partial charge is 0.191 e. The molecule has 0 saturated carbocycles. The van der Waals surface area contributed by atoms with Crippen LogP contribution in [0.4, 0.5) is 5.69 Å². The Hall–Kier alpha value is -2.58. The zero-order valence-corrected chi connectivity index (χ0v) is 21.7. The van der Waals surface area contributed by atoms with Crippen molar-refractivity contribution >= 4 is 23.2 Å². The quantitative estimate of drug-likeness (QED) is 0.303. The average Bonchev–Trinajstić information content (AvgIpc) is 3.56. The van der Waals surface area contributed by atoms with Crippen LogP contribution in [0.15, 0.2) is 35.5 Å². The molecule has 0 bridgehead atoms. The molecular weight excluding hydrogens is 446 g/mol. The second-order valence-corrected chi connectivity index (χ2v) is 9.77. The number of rotatable bonds is 10. The van der Waals surface area contributed by atoms with E-state index < -0.39 is 0 Å². The van der Waals surface area contributed by atoms with Crippen molar-refractivity contribution in [2.45, 2.75) is 58.3 Å². The van der Waals surface area contributed by atoms with E-state index in [2.05, 4.69) is 64.7 Å². The molecule has 1 unspecified atom stereocenters. The minimum atomic E-state index is 0.116. The monoisotopic (exact) mass is 481 g/mol. The van der Waals surface area contributed by atoms with Crippen molar-refractivity contribution in [2.24, 2.45) is 7.05 Å². The second-order valence-electron chi connectivity index (χ2n) is 8.83. The maximum Gasteiger partial charge on any atom is 0.191 e. The van der Waals surface area contributed by atoms with Gasteiger partial charge in [0.05, 0.1) is 11.9 Å². The molecule has 1 fully saturated rings. The van der Waals surface area contributed by atoms with Gasteiger partial charge in [0.15, 0.2) is 16.8 Å². The number of nitrogens with zero attached hydrogens (tertiary/aromatic N) is 5. The van der Waals surface area contributed by atoms with Gasteiger partial charge in [0.2, 0.25) is 0 Å². The maximum atomic E-state index is 13.1. The van der Waals surface area contributed by atoms with E-state index in [-0.39, 0.29) is 11.9 Å². The van der Waals surface area contributed by atoms with Crippen molar-refractivity contribution in [3.8, 4) is 11.4 Å². The molecule has 3 heterocycles. The Morgan fingerprint density at radius 2 is 1.91 bits per heavy atom. The summed E-state index contributed by atoms with van der Waals surface area (Å²) in [5.41, 5.74) is 5.13. The minimum Gasteiger partial charge on any atom is -0.376 e. The summed E-state index contributed by atoms with van der Waals surface area (Å²) in [5, 5.41) is 9.49. The summed E-state index contributed by atoms with van der Waals surface area (Å²) < 4.78 is 9.98. The number of carbonyl (C=O) groups excluding carboxylic acids is 1. The molecule has 182 valence electrons. The Balaban J connectivity index is 1.42. The molecule has 0 spiro atoms. The van der Waals surface area contributed by atoms with Crippen LogP contribution in [0.2, 0.25) is 0 Å². The van der Waals surface area contributed by atoms with E-state index in [4.69, 9.17) is 4.74 Å². The van der Waals surface area contributed by atoms with E-state index in [9.17, 15) is 4.79 Å². The summed E-state index contributed by atoms with van der Waals surface area (Å²) in [4.78, 5) is 15.4. The highest BCUT2D eigenvalue weighted by atomic mass is 32.2. The molecule has 0 radical (unpaired) electrons. The van der Waals surface area contributed by atoms with Crippen molar-refractivity contribution in [1.82, 2.24) is 19.3 Å². The molecule has 0 aliphatic carbocycles. The summed E-state index contributed by atoms with van der Waals surface area (Å²) in [5.74, 6) is 1.25. The number of carbonyl (C=O) groups is 1. The number of ketones is 1. The third-order valence-corrected chi connectivity index (χ3v) is 7.73. The van der Waals surface area contributed by atoms with Gasteiger partial charge in [-0.15, -0.1) is 10.2 Å². The van der Waals surface area contributed by atoms with Gasteiger partial charge in [-0.25, -0.2) is 0 Å². The molecule has 1 aliphatic rings. The van der Waals surface area contributed by atoms with Gasteiger partial charge < -0.3 is 18.8 Å². The first kappa shape index (κ1) is 24.5. The van der Waals surface area contributed by atoms with Gasteiger partial charge in [-0.3, -0.25) is 4.79 Å². The van der Waals surface area contributed by atoms with Crippen molar-refractivity contribution < 1.29 is 9.53 Å². The molecule has 1 saturated heterocycles. The van der Waals surface area contributed by atoms with Gasteiger partial charge in [0.1, 0.15) is 0 Å². The van der Waals surface area contributed by atoms with Crippen LogP contribution < -0.4 is 4.90 Å². The predicted octanol–water partition coefficient (Wildman–Crippen LogP) is 4.90. The molecule has 2 aromatic heterocycles. The number of ether oxygens (including phenoxy) is 1. The summed E-state index contributed by atoms with van der Waals surface area (Å²) in [6.07, 6.45) is 2.45. The van der Waals surface area contributed by atoms with Gasteiger partial charge in [-0.2, -0.15) is 0 Å². The zero-order valence-electron chi connectivity index (χ0n) is 20.9. The summed E-state index contributed by atoms with van der Waals surface area (Å²) in [7, 11) is 1.95. The first-order chi connectivity index (χ1) is 16.4. The highest BCUT2D eigenvalue weighted by Gasteiger charge is 2.22. The van der Waals surface area contributed by atoms with Crippen molar-refractivity contribution in [3.05, 3.63) is 47.3 Å². The van der Waals surface area contributed by atoms with E-state index in [1.165, 1.54) is 17.4 Å². The van der Waals surface area contributed by atoms with Gasteiger partial charge >= 0.3 is 0 Å². The Kier molecular flexibility index (Phi) is 7.78. The van der Waals surface area contributed by atoms with Gasteiger partial charge in [-0.05, 0) is 70.9 Å². The summed E-state index contributed by atoms with van der Waals surface area (Å²) in [6, 6.07) is 10.4. The van der Waals surface area contributed by atoms with Crippen LogP contribution in [0.25, 0.3) is 11.4 Å². The highest BCUT2D eigenvalue weighted by Crippen LogP contribution is 2.27. The summed E-state index contributed by atoms with van der Waals surface area (Å²) >= 11 is 1.44. The largest absolute Gasteiger partial charge is 0.376 e. The number of benzene rings is 1. The highest BCUT2D eigenvalue weighted by molar-refractivity contribution is 7.99. The molecule has 3 aromatic rings. The van der Waals surface area contributed by atoms with E-state index in [1.54, 1.807) is 0 Å². The van der Waals surface area contributed by atoms with E-state index in [0.717, 1.165) is 72.6 Å². The average molecular weight is 482 g/mol. The molecule has 34 heavy (non-hydrogen) atoms. The third-order valence-electron chi connectivity index (χ3n) is 6.71. The fraction of sp³-hybridized carbons (Fsp3) is 0.500. The van der Waals surface area contributed by atoms with Gasteiger partial charge in [-0.1, -0.05) is 11.8 Å². The van der Waals surface area contributed by atoms with E-state index in [1.807, 2.05) is 24.6 Å². The zero-order chi connectivity index (χ0) is 24.2. The van der Waals surface area contributed by atoms with E-state index >= 15 is 0 Å². The molecule has 1 aromatic carbocycles.